The van der Waals surface area contributed by atoms with Crippen LogP contribution < -0.4 is 10.6 Å². The molecular formula is C16H30IN3OS. The molecule has 0 fully saturated rings. The van der Waals surface area contributed by atoms with Crippen LogP contribution in [-0.2, 0) is 11.2 Å². The average Bonchev–Trinajstić information content (AvgIpc) is 2.91. The number of halogens is 1. The second-order valence-corrected chi connectivity index (χ2v) is 7.10. The Morgan fingerprint density at radius 1 is 1.36 bits per heavy atom. The number of hydrogen-bond acceptors (Lipinski definition) is 3. The van der Waals surface area contributed by atoms with E-state index in [2.05, 4.69) is 60.8 Å². The lowest BCUT2D eigenvalue weighted by Gasteiger charge is -2.28. The van der Waals surface area contributed by atoms with Gasteiger partial charge in [-0.15, -0.1) is 35.3 Å². The van der Waals surface area contributed by atoms with E-state index in [1.54, 1.807) is 18.4 Å². The molecule has 0 bridgehead atoms. The van der Waals surface area contributed by atoms with Gasteiger partial charge < -0.3 is 15.4 Å². The Labute approximate surface area is 156 Å². The zero-order valence-electron chi connectivity index (χ0n) is 14.3. The summed E-state index contributed by atoms with van der Waals surface area (Å²) in [4.78, 5) is 6.03. The van der Waals surface area contributed by atoms with Gasteiger partial charge in [-0.1, -0.05) is 26.8 Å². The predicted molar refractivity (Wildman–Crippen MR) is 108 cm³/mol. The van der Waals surface area contributed by atoms with Crippen LogP contribution in [0.3, 0.4) is 0 Å². The maximum atomic E-state index is 5.55. The Morgan fingerprint density at radius 2 is 2.09 bits per heavy atom. The molecule has 0 aliphatic rings. The highest BCUT2D eigenvalue weighted by Crippen LogP contribution is 2.21. The SMILES string of the molecule is CCNC(=NCC(OC)C(C)(C)C)NCCc1cccs1.I. The molecule has 0 spiro atoms. The van der Waals surface area contributed by atoms with Gasteiger partial charge in [-0.05, 0) is 30.2 Å². The molecule has 6 heteroatoms. The van der Waals surface area contributed by atoms with Crippen molar-refractivity contribution in [2.45, 2.75) is 40.2 Å². The second-order valence-electron chi connectivity index (χ2n) is 6.07. The average molecular weight is 439 g/mol. The summed E-state index contributed by atoms with van der Waals surface area (Å²) in [7, 11) is 1.75. The van der Waals surface area contributed by atoms with Crippen molar-refractivity contribution in [2.75, 3.05) is 26.7 Å². The number of guanidine groups is 1. The molecule has 1 aromatic heterocycles. The lowest BCUT2D eigenvalue weighted by molar-refractivity contribution is 0.0241. The Hall–Kier alpha value is -0.340. The molecule has 1 aromatic rings. The summed E-state index contributed by atoms with van der Waals surface area (Å²) < 4.78 is 5.55. The van der Waals surface area contributed by atoms with Gasteiger partial charge in [-0.3, -0.25) is 4.99 Å². The van der Waals surface area contributed by atoms with E-state index in [4.69, 9.17) is 4.74 Å². The highest BCUT2D eigenvalue weighted by atomic mass is 127. The molecule has 0 aliphatic heterocycles. The molecule has 128 valence electrons. The number of nitrogens with zero attached hydrogens (tertiary/aromatic N) is 1. The highest BCUT2D eigenvalue weighted by molar-refractivity contribution is 14.0. The van der Waals surface area contributed by atoms with E-state index in [1.807, 2.05) is 0 Å². The van der Waals surface area contributed by atoms with E-state index in [9.17, 15) is 0 Å². The molecule has 1 atom stereocenters. The fourth-order valence-electron chi connectivity index (χ4n) is 1.98. The number of aliphatic imine (C=N–C) groups is 1. The standard InChI is InChI=1S/C16H29N3OS.HI/c1-6-17-15(18-10-9-13-8-7-11-21-13)19-12-14(20-5)16(2,3)4;/h7-8,11,14H,6,9-10,12H2,1-5H3,(H2,17,18,19);1H. The smallest absolute Gasteiger partial charge is 0.191 e. The minimum Gasteiger partial charge on any atom is -0.379 e. The first-order chi connectivity index (χ1) is 9.97. The molecule has 1 heterocycles. The van der Waals surface area contributed by atoms with E-state index < -0.39 is 0 Å². The second kappa shape index (κ2) is 11.2. The third-order valence-corrected chi connectivity index (χ3v) is 4.19. The molecular weight excluding hydrogens is 409 g/mol. The largest absolute Gasteiger partial charge is 0.379 e. The molecule has 22 heavy (non-hydrogen) atoms. The number of ether oxygens (including phenoxy) is 1. The molecule has 1 rings (SSSR count). The van der Waals surface area contributed by atoms with Gasteiger partial charge in [0.2, 0.25) is 0 Å². The minimum absolute atomic E-state index is 0. The predicted octanol–water partition coefficient (Wildman–Crippen LogP) is 3.52. The van der Waals surface area contributed by atoms with Crippen LogP contribution in [0.1, 0.15) is 32.6 Å². The first-order valence-electron chi connectivity index (χ1n) is 7.54. The first kappa shape index (κ1) is 21.7. The molecule has 2 N–H and O–H groups in total. The Bertz CT molecular complexity index is 416. The van der Waals surface area contributed by atoms with Crippen molar-refractivity contribution in [2.24, 2.45) is 10.4 Å². The van der Waals surface area contributed by atoms with Gasteiger partial charge in [0.15, 0.2) is 5.96 Å². The summed E-state index contributed by atoms with van der Waals surface area (Å²) in [6.45, 7) is 11.0. The van der Waals surface area contributed by atoms with Crippen LogP contribution in [-0.4, -0.2) is 38.8 Å². The van der Waals surface area contributed by atoms with E-state index in [-0.39, 0.29) is 35.5 Å². The van der Waals surface area contributed by atoms with Crippen LogP contribution in [0.5, 0.6) is 0 Å². The lowest BCUT2D eigenvalue weighted by Crippen LogP contribution is -2.40. The third kappa shape index (κ3) is 8.33. The fourth-order valence-corrected chi connectivity index (χ4v) is 2.69. The van der Waals surface area contributed by atoms with E-state index in [0.717, 1.165) is 25.5 Å². The molecule has 1 unspecified atom stereocenters. The summed E-state index contributed by atoms with van der Waals surface area (Å²) in [5.74, 6) is 0.861. The number of nitrogens with one attached hydrogen (secondary N) is 2. The Morgan fingerprint density at radius 3 is 2.59 bits per heavy atom. The molecule has 0 saturated carbocycles. The summed E-state index contributed by atoms with van der Waals surface area (Å²) in [5, 5.41) is 8.77. The van der Waals surface area contributed by atoms with Crippen LogP contribution in [0.15, 0.2) is 22.5 Å². The summed E-state index contributed by atoms with van der Waals surface area (Å²) in [6, 6.07) is 4.25. The quantitative estimate of drug-likeness (QED) is 0.388. The Balaban J connectivity index is 0.00000441. The maximum absolute atomic E-state index is 5.55. The van der Waals surface area contributed by atoms with Crippen LogP contribution in [0.4, 0.5) is 0 Å². The van der Waals surface area contributed by atoms with Crippen LogP contribution in [0.2, 0.25) is 0 Å². The third-order valence-electron chi connectivity index (χ3n) is 3.25. The molecule has 0 aliphatic carbocycles. The number of rotatable bonds is 7. The van der Waals surface area contributed by atoms with Crippen molar-refractivity contribution in [3.8, 4) is 0 Å². The molecule has 0 radical (unpaired) electrons. The summed E-state index contributed by atoms with van der Waals surface area (Å²) in [5.41, 5.74) is 0.0898. The van der Waals surface area contributed by atoms with Crippen LogP contribution in [0.25, 0.3) is 0 Å². The monoisotopic (exact) mass is 439 g/mol. The van der Waals surface area contributed by atoms with Crippen LogP contribution >= 0.6 is 35.3 Å². The number of thiophene rings is 1. The Kier molecular flexibility index (Phi) is 11.1. The van der Waals surface area contributed by atoms with Gasteiger partial charge in [0, 0.05) is 25.1 Å². The minimum atomic E-state index is 0. The van der Waals surface area contributed by atoms with E-state index in [1.165, 1.54) is 4.88 Å². The summed E-state index contributed by atoms with van der Waals surface area (Å²) in [6.07, 6.45) is 1.14. The molecule has 4 nitrogen and oxygen atoms in total. The van der Waals surface area contributed by atoms with Gasteiger partial charge in [-0.25, -0.2) is 0 Å². The van der Waals surface area contributed by atoms with Gasteiger partial charge in [0.25, 0.3) is 0 Å². The zero-order chi connectivity index (χ0) is 15.7. The lowest BCUT2D eigenvalue weighted by atomic mass is 9.89. The summed E-state index contributed by atoms with van der Waals surface area (Å²) >= 11 is 1.79. The fraction of sp³-hybridized carbons (Fsp3) is 0.688. The molecule has 0 amide bonds. The van der Waals surface area contributed by atoms with Crippen molar-refractivity contribution >= 4 is 41.3 Å². The molecule has 0 saturated heterocycles. The molecule has 0 aromatic carbocycles. The van der Waals surface area contributed by atoms with Crippen molar-refractivity contribution in [1.82, 2.24) is 10.6 Å². The van der Waals surface area contributed by atoms with E-state index >= 15 is 0 Å². The van der Waals surface area contributed by atoms with Crippen molar-refractivity contribution < 1.29 is 4.74 Å². The van der Waals surface area contributed by atoms with Gasteiger partial charge >= 0.3 is 0 Å². The van der Waals surface area contributed by atoms with Crippen molar-refractivity contribution in [3.05, 3.63) is 22.4 Å². The van der Waals surface area contributed by atoms with Gasteiger partial charge in [0.1, 0.15) is 0 Å². The van der Waals surface area contributed by atoms with E-state index in [0.29, 0.717) is 6.54 Å². The number of methoxy groups -OCH3 is 1. The van der Waals surface area contributed by atoms with Crippen molar-refractivity contribution in [1.29, 1.82) is 0 Å². The highest BCUT2D eigenvalue weighted by Gasteiger charge is 2.23. The van der Waals surface area contributed by atoms with Crippen molar-refractivity contribution in [3.63, 3.8) is 0 Å². The van der Waals surface area contributed by atoms with Crippen LogP contribution in [0, 0.1) is 5.41 Å². The first-order valence-corrected chi connectivity index (χ1v) is 8.42. The van der Waals surface area contributed by atoms with Gasteiger partial charge in [0.05, 0.1) is 12.6 Å². The maximum Gasteiger partial charge on any atom is 0.191 e. The zero-order valence-corrected chi connectivity index (χ0v) is 17.5. The normalized spacial score (nSPS) is 13.4. The topological polar surface area (TPSA) is 45.7 Å². The van der Waals surface area contributed by atoms with Gasteiger partial charge in [-0.2, -0.15) is 0 Å². The number of hydrogen-bond donors (Lipinski definition) is 2.